The van der Waals surface area contributed by atoms with Crippen molar-refractivity contribution in [1.29, 1.82) is 5.26 Å². The van der Waals surface area contributed by atoms with Gasteiger partial charge in [-0.2, -0.15) is 5.26 Å². The zero-order valence-corrected chi connectivity index (χ0v) is 12.6. The van der Waals surface area contributed by atoms with E-state index in [4.69, 9.17) is 0 Å². The van der Waals surface area contributed by atoms with Gasteiger partial charge < -0.3 is 4.74 Å². The minimum atomic E-state index is -0.836. The molecule has 0 aliphatic heterocycles. The molecule has 20 heavy (non-hydrogen) atoms. The van der Waals surface area contributed by atoms with Gasteiger partial charge in [0.15, 0.2) is 0 Å². The first-order valence-corrected chi connectivity index (χ1v) is 7.09. The van der Waals surface area contributed by atoms with Crippen LogP contribution in [0, 0.1) is 17.2 Å². The van der Waals surface area contributed by atoms with Gasteiger partial charge in [-0.1, -0.05) is 28.1 Å². The van der Waals surface area contributed by atoms with Crippen LogP contribution in [0.1, 0.15) is 24.8 Å². The van der Waals surface area contributed by atoms with Gasteiger partial charge in [0.1, 0.15) is 11.7 Å². The van der Waals surface area contributed by atoms with Crippen molar-refractivity contribution in [2.75, 3.05) is 7.11 Å². The van der Waals surface area contributed by atoms with E-state index in [9.17, 15) is 14.9 Å². The summed E-state index contributed by atoms with van der Waals surface area (Å²) in [4.78, 5) is 23.6. The third kappa shape index (κ3) is 2.61. The van der Waals surface area contributed by atoms with E-state index in [1.807, 2.05) is 24.3 Å². The van der Waals surface area contributed by atoms with Crippen LogP contribution in [0.25, 0.3) is 0 Å². The van der Waals surface area contributed by atoms with Gasteiger partial charge in [0.05, 0.1) is 18.6 Å². The number of esters is 1. The lowest BCUT2D eigenvalue weighted by Crippen LogP contribution is -2.40. The molecule has 0 amide bonds. The Morgan fingerprint density at radius 1 is 1.45 bits per heavy atom. The van der Waals surface area contributed by atoms with Crippen LogP contribution >= 0.6 is 15.9 Å². The number of Topliss-reactive ketones (excluding diaryl/α,β-unsaturated/α-hetero) is 1. The normalized spacial score (nSPS) is 25.9. The number of methoxy groups -OCH3 is 1. The first kappa shape index (κ1) is 14.7. The van der Waals surface area contributed by atoms with Gasteiger partial charge in [-0.15, -0.1) is 0 Å². The highest BCUT2D eigenvalue weighted by Crippen LogP contribution is 2.41. The molecule has 0 spiro atoms. The van der Waals surface area contributed by atoms with Crippen molar-refractivity contribution in [3.63, 3.8) is 0 Å². The van der Waals surface area contributed by atoms with E-state index in [1.54, 1.807) is 0 Å². The maximum atomic E-state index is 11.9. The molecular formula is C15H14BrNO3. The fraction of sp³-hybridized carbons (Fsp3) is 0.400. The van der Waals surface area contributed by atoms with Crippen LogP contribution in [-0.4, -0.2) is 18.9 Å². The fourth-order valence-electron chi connectivity index (χ4n) is 2.63. The summed E-state index contributed by atoms with van der Waals surface area (Å²) >= 11 is 3.35. The quantitative estimate of drug-likeness (QED) is 0.615. The molecule has 0 heterocycles. The monoisotopic (exact) mass is 335 g/mol. The Bertz CT molecular complexity index is 568. The molecule has 1 fully saturated rings. The van der Waals surface area contributed by atoms with E-state index in [2.05, 4.69) is 26.7 Å². The number of carbonyl (C=O) groups is 2. The second-order valence-corrected chi connectivity index (χ2v) is 5.86. The molecular weight excluding hydrogens is 322 g/mol. The Hall–Kier alpha value is -1.67. The van der Waals surface area contributed by atoms with Crippen LogP contribution in [0.4, 0.5) is 0 Å². The Labute approximate surface area is 125 Å². The number of hydrogen-bond donors (Lipinski definition) is 0. The standard InChI is InChI=1S/C15H14BrNO3/c1-20-14(19)12-8-15(9-17,7-6-13(12)18)10-2-4-11(16)5-3-10/h2-5,12H,6-8H2,1H3. The average Bonchev–Trinajstić information content (AvgIpc) is 2.48. The van der Waals surface area contributed by atoms with E-state index in [1.165, 1.54) is 7.11 Å². The molecule has 5 heteroatoms. The first-order valence-electron chi connectivity index (χ1n) is 6.30. The molecule has 0 radical (unpaired) electrons. The molecule has 104 valence electrons. The molecule has 1 aromatic carbocycles. The molecule has 0 N–H and O–H groups in total. The van der Waals surface area contributed by atoms with Crippen LogP contribution in [0.3, 0.4) is 0 Å². The highest BCUT2D eigenvalue weighted by Gasteiger charge is 2.45. The van der Waals surface area contributed by atoms with E-state index in [-0.39, 0.29) is 18.6 Å². The Kier molecular flexibility index (Phi) is 4.24. The number of nitrogens with zero attached hydrogens (tertiary/aromatic N) is 1. The minimum absolute atomic E-state index is 0.139. The molecule has 1 aromatic rings. The van der Waals surface area contributed by atoms with Gasteiger partial charge in [-0.25, -0.2) is 0 Å². The summed E-state index contributed by atoms with van der Waals surface area (Å²) in [6, 6.07) is 9.74. The van der Waals surface area contributed by atoms with Crippen molar-refractivity contribution in [2.24, 2.45) is 5.92 Å². The largest absolute Gasteiger partial charge is 0.468 e. The summed E-state index contributed by atoms with van der Waals surface area (Å²) in [6.45, 7) is 0. The van der Waals surface area contributed by atoms with Crippen LogP contribution in [0.15, 0.2) is 28.7 Å². The Morgan fingerprint density at radius 3 is 2.65 bits per heavy atom. The van der Waals surface area contributed by atoms with E-state index < -0.39 is 17.3 Å². The smallest absolute Gasteiger partial charge is 0.316 e. The lowest BCUT2D eigenvalue weighted by molar-refractivity contribution is -0.151. The fourth-order valence-corrected chi connectivity index (χ4v) is 2.89. The molecule has 1 aliphatic carbocycles. The van der Waals surface area contributed by atoms with Crippen molar-refractivity contribution >= 4 is 27.7 Å². The predicted octanol–water partition coefficient (Wildman–Crippen LogP) is 2.75. The molecule has 2 rings (SSSR count). The molecule has 2 unspecified atom stereocenters. The second kappa shape index (κ2) is 5.76. The molecule has 0 bridgehead atoms. The van der Waals surface area contributed by atoms with Crippen LogP contribution in [0.5, 0.6) is 0 Å². The Balaban J connectivity index is 2.36. The lowest BCUT2D eigenvalue weighted by Gasteiger charge is -2.34. The van der Waals surface area contributed by atoms with Gasteiger partial charge in [-0.3, -0.25) is 9.59 Å². The summed E-state index contributed by atoms with van der Waals surface area (Å²) in [5, 5.41) is 9.60. The molecule has 4 nitrogen and oxygen atoms in total. The van der Waals surface area contributed by atoms with Gasteiger partial charge >= 0.3 is 5.97 Å². The summed E-state index contributed by atoms with van der Waals surface area (Å²) in [6.07, 6.45) is 0.859. The number of ketones is 1. The number of nitriles is 1. The van der Waals surface area contributed by atoms with Crippen molar-refractivity contribution in [1.82, 2.24) is 0 Å². The highest BCUT2D eigenvalue weighted by atomic mass is 79.9. The maximum absolute atomic E-state index is 11.9. The SMILES string of the molecule is COC(=O)C1CC(C#N)(c2ccc(Br)cc2)CCC1=O. The number of halogens is 1. The zero-order chi connectivity index (χ0) is 14.8. The van der Waals surface area contributed by atoms with E-state index >= 15 is 0 Å². The number of rotatable bonds is 2. The van der Waals surface area contributed by atoms with Crippen LogP contribution < -0.4 is 0 Å². The number of hydrogen-bond acceptors (Lipinski definition) is 4. The number of ether oxygens (including phenoxy) is 1. The van der Waals surface area contributed by atoms with Crippen molar-refractivity contribution in [3.8, 4) is 6.07 Å². The van der Waals surface area contributed by atoms with E-state index in [0.29, 0.717) is 6.42 Å². The summed E-state index contributed by atoms with van der Waals surface area (Å²) in [5.74, 6) is -1.52. The number of carbonyl (C=O) groups excluding carboxylic acids is 2. The second-order valence-electron chi connectivity index (χ2n) is 4.95. The molecule has 2 atom stereocenters. The molecule has 1 saturated carbocycles. The maximum Gasteiger partial charge on any atom is 0.316 e. The van der Waals surface area contributed by atoms with Crippen molar-refractivity contribution in [2.45, 2.75) is 24.7 Å². The number of benzene rings is 1. The third-order valence-electron chi connectivity index (χ3n) is 3.84. The molecule has 0 saturated heterocycles. The molecule has 1 aliphatic rings. The minimum Gasteiger partial charge on any atom is -0.468 e. The van der Waals surface area contributed by atoms with Gasteiger partial charge in [0.25, 0.3) is 0 Å². The van der Waals surface area contributed by atoms with Crippen LogP contribution in [0.2, 0.25) is 0 Å². The van der Waals surface area contributed by atoms with Crippen molar-refractivity contribution < 1.29 is 14.3 Å². The average molecular weight is 336 g/mol. The topological polar surface area (TPSA) is 67.2 Å². The third-order valence-corrected chi connectivity index (χ3v) is 4.36. The van der Waals surface area contributed by atoms with Crippen molar-refractivity contribution in [3.05, 3.63) is 34.3 Å². The van der Waals surface area contributed by atoms with Gasteiger partial charge in [0, 0.05) is 10.9 Å². The van der Waals surface area contributed by atoms with E-state index in [0.717, 1.165) is 10.0 Å². The summed E-state index contributed by atoms with van der Waals surface area (Å²) in [7, 11) is 1.26. The summed E-state index contributed by atoms with van der Waals surface area (Å²) < 4.78 is 5.60. The zero-order valence-electron chi connectivity index (χ0n) is 11.1. The molecule has 0 aromatic heterocycles. The predicted molar refractivity (Wildman–Crippen MR) is 75.8 cm³/mol. The first-order chi connectivity index (χ1) is 9.52. The highest BCUT2D eigenvalue weighted by molar-refractivity contribution is 9.10. The van der Waals surface area contributed by atoms with Crippen LogP contribution in [-0.2, 0) is 19.7 Å². The van der Waals surface area contributed by atoms with Gasteiger partial charge in [0.2, 0.25) is 0 Å². The Morgan fingerprint density at radius 2 is 2.10 bits per heavy atom. The summed E-state index contributed by atoms with van der Waals surface area (Å²) in [5.41, 5.74) is 0.0394. The lowest BCUT2D eigenvalue weighted by atomic mass is 9.66. The van der Waals surface area contributed by atoms with Gasteiger partial charge in [-0.05, 0) is 30.5 Å².